The molecule has 3 rings (SSSR count). The van der Waals surface area contributed by atoms with Gasteiger partial charge in [-0.2, -0.15) is 5.10 Å². The van der Waals surface area contributed by atoms with E-state index in [-0.39, 0.29) is 11.7 Å². The van der Waals surface area contributed by atoms with E-state index in [0.29, 0.717) is 29.9 Å². The van der Waals surface area contributed by atoms with Gasteiger partial charge in [-0.3, -0.25) is 9.48 Å². The molecule has 26 heavy (non-hydrogen) atoms. The SMILES string of the molecule is CCN(Cc1cc(Br)ccc1O)C(=O)c1cc(C)nc2c1c(C)nn2C. The number of carbonyl (C=O) groups is 1. The molecule has 6 nitrogen and oxygen atoms in total. The van der Waals surface area contributed by atoms with Gasteiger partial charge < -0.3 is 10.0 Å². The van der Waals surface area contributed by atoms with Crippen LogP contribution >= 0.6 is 15.9 Å². The monoisotopic (exact) mass is 416 g/mol. The Hall–Kier alpha value is -2.41. The number of rotatable bonds is 4. The maximum atomic E-state index is 13.3. The molecule has 0 fully saturated rings. The van der Waals surface area contributed by atoms with Crippen molar-refractivity contribution < 1.29 is 9.90 Å². The van der Waals surface area contributed by atoms with Crippen LogP contribution in [0.3, 0.4) is 0 Å². The largest absolute Gasteiger partial charge is 0.508 e. The molecular formula is C19H21BrN4O2. The van der Waals surface area contributed by atoms with E-state index in [2.05, 4.69) is 26.0 Å². The van der Waals surface area contributed by atoms with E-state index in [4.69, 9.17) is 0 Å². The van der Waals surface area contributed by atoms with Crippen LogP contribution in [0.25, 0.3) is 11.0 Å². The molecular weight excluding hydrogens is 396 g/mol. The number of hydrogen-bond acceptors (Lipinski definition) is 4. The number of phenols is 1. The number of nitrogens with zero attached hydrogens (tertiary/aromatic N) is 4. The van der Waals surface area contributed by atoms with Crippen molar-refractivity contribution in [3.63, 3.8) is 0 Å². The maximum absolute atomic E-state index is 13.3. The van der Waals surface area contributed by atoms with Crippen LogP contribution in [0.1, 0.15) is 34.2 Å². The Balaban J connectivity index is 2.04. The Morgan fingerprint density at radius 1 is 1.31 bits per heavy atom. The number of carbonyl (C=O) groups excluding carboxylic acids is 1. The van der Waals surface area contributed by atoms with Gasteiger partial charge >= 0.3 is 0 Å². The number of fused-ring (bicyclic) bond motifs is 1. The Morgan fingerprint density at radius 3 is 2.73 bits per heavy atom. The molecule has 0 aliphatic carbocycles. The molecule has 0 saturated carbocycles. The highest BCUT2D eigenvalue weighted by molar-refractivity contribution is 9.10. The molecule has 0 atom stereocenters. The van der Waals surface area contributed by atoms with Crippen LogP contribution in [0.2, 0.25) is 0 Å². The zero-order valence-electron chi connectivity index (χ0n) is 15.2. The molecule has 1 N–H and O–H groups in total. The van der Waals surface area contributed by atoms with Crippen molar-refractivity contribution in [1.29, 1.82) is 0 Å². The van der Waals surface area contributed by atoms with Crippen molar-refractivity contribution in [2.24, 2.45) is 7.05 Å². The fraction of sp³-hybridized carbons (Fsp3) is 0.316. The van der Waals surface area contributed by atoms with E-state index in [1.54, 1.807) is 21.7 Å². The van der Waals surface area contributed by atoms with E-state index in [0.717, 1.165) is 21.2 Å². The molecule has 0 saturated heterocycles. The summed E-state index contributed by atoms with van der Waals surface area (Å²) in [7, 11) is 1.83. The molecule has 0 spiro atoms. The molecule has 3 aromatic rings. The number of aromatic hydroxyl groups is 1. The molecule has 136 valence electrons. The molecule has 0 unspecified atom stereocenters. The summed E-state index contributed by atoms with van der Waals surface area (Å²) in [6.07, 6.45) is 0. The van der Waals surface area contributed by atoms with Gasteiger partial charge in [0, 0.05) is 35.9 Å². The number of hydrogen-bond donors (Lipinski definition) is 1. The lowest BCUT2D eigenvalue weighted by Crippen LogP contribution is -2.30. The molecule has 1 amide bonds. The molecule has 1 aromatic carbocycles. The standard InChI is InChI=1S/C19H21BrN4O2/c1-5-24(10-13-9-14(20)6-7-16(13)25)19(26)15-8-11(2)21-18-17(15)12(3)22-23(18)4/h6-9,25H,5,10H2,1-4H3. The van der Waals surface area contributed by atoms with Crippen LogP contribution < -0.4 is 0 Å². The summed E-state index contributed by atoms with van der Waals surface area (Å²) in [6.45, 7) is 6.52. The fourth-order valence-corrected chi connectivity index (χ4v) is 3.53. The van der Waals surface area contributed by atoms with Gasteiger partial charge in [0.15, 0.2) is 5.65 Å². The van der Waals surface area contributed by atoms with Crippen molar-refractivity contribution in [1.82, 2.24) is 19.7 Å². The van der Waals surface area contributed by atoms with Gasteiger partial charge in [0.2, 0.25) is 0 Å². The highest BCUT2D eigenvalue weighted by Crippen LogP contribution is 2.26. The summed E-state index contributed by atoms with van der Waals surface area (Å²) in [5, 5.41) is 15.3. The van der Waals surface area contributed by atoms with Gasteiger partial charge in [-0.25, -0.2) is 4.98 Å². The highest BCUT2D eigenvalue weighted by atomic mass is 79.9. The Labute approximate surface area is 160 Å². The molecule has 2 heterocycles. The van der Waals surface area contributed by atoms with Crippen molar-refractivity contribution in [3.8, 4) is 5.75 Å². The minimum Gasteiger partial charge on any atom is -0.508 e. The normalized spacial score (nSPS) is 11.1. The average molecular weight is 417 g/mol. The van der Waals surface area contributed by atoms with E-state index in [9.17, 15) is 9.90 Å². The quantitative estimate of drug-likeness (QED) is 0.703. The van der Waals surface area contributed by atoms with Crippen molar-refractivity contribution in [2.75, 3.05) is 6.54 Å². The molecule has 2 aromatic heterocycles. The third-order valence-electron chi connectivity index (χ3n) is 4.40. The van der Waals surface area contributed by atoms with Crippen molar-refractivity contribution >= 4 is 32.9 Å². The van der Waals surface area contributed by atoms with Crippen LogP contribution in [-0.2, 0) is 13.6 Å². The first-order valence-electron chi connectivity index (χ1n) is 8.39. The molecule has 0 radical (unpaired) electrons. The zero-order valence-corrected chi connectivity index (χ0v) is 16.8. The highest BCUT2D eigenvalue weighted by Gasteiger charge is 2.22. The van der Waals surface area contributed by atoms with E-state index >= 15 is 0 Å². The second-order valence-electron chi connectivity index (χ2n) is 6.31. The Morgan fingerprint density at radius 2 is 2.04 bits per heavy atom. The van der Waals surface area contributed by atoms with E-state index in [1.165, 1.54) is 0 Å². The molecule has 0 aliphatic rings. The molecule has 0 aliphatic heterocycles. The summed E-state index contributed by atoms with van der Waals surface area (Å²) in [5.41, 5.74) is 3.53. The third kappa shape index (κ3) is 3.31. The van der Waals surface area contributed by atoms with Crippen LogP contribution in [0.4, 0.5) is 0 Å². The lowest BCUT2D eigenvalue weighted by atomic mass is 10.1. The minimum absolute atomic E-state index is 0.0986. The van der Waals surface area contributed by atoms with Gasteiger partial charge in [0.05, 0.1) is 16.6 Å². The second kappa shape index (κ2) is 7.07. The molecule has 7 heteroatoms. The topological polar surface area (TPSA) is 71.2 Å². The summed E-state index contributed by atoms with van der Waals surface area (Å²) in [6, 6.07) is 7.03. The van der Waals surface area contributed by atoms with Crippen LogP contribution in [0.15, 0.2) is 28.7 Å². The van der Waals surface area contributed by atoms with E-state index in [1.807, 2.05) is 40.0 Å². The van der Waals surface area contributed by atoms with Crippen LogP contribution in [0, 0.1) is 13.8 Å². The third-order valence-corrected chi connectivity index (χ3v) is 4.89. The van der Waals surface area contributed by atoms with Gasteiger partial charge in [-0.05, 0) is 45.0 Å². The summed E-state index contributed by atoms with van der Waals surface area (Å²) >= 11 is 3.41. The van der Waals surface area contributed by atoms with Gasteiger partial charge in [0.1, 0.15) is 5.75 Å². The predicted molar refractivity (Wildman–Crippen MR) is 104 cm³/mol. The fourth-order valence-electron chi connectivity index (χ4n) is 3.12. The van der Waals surface area contributed by atoms with Crippen molar-refractivity contribution in [3.05, 3.63) is 51.3 Å². The Kier molecular flexibility index (Phi) is 5.00. The van der Waals surface area contributed by atoms with Gasteiger partial charge in [-0.15, -0.1) is 0 Å². The number of aryl methyl sites for hydroxylation is 3. The smallest absolute Gasteiger partial charge is 0.255 e. The average Bonchev–Trinajstić information content (AvgIpc) is 2.88. The van der Waals surface area contributed by atoms with Gasteiger partial charge in [0.25, 0.3) is 5.91 Å². The van der Waals surface area contributed by atoms with Crippen LogP contribution in [-0.4, -0.2) is 37.2 Å². The lowest BCUT2D eigenvalue weighted by Gasteiger charge is -2.22. The zero-order chi connectivity index (χ0) is 19.0. The second-order valence-corrected chi connectivity index (χ2v) is 7.23. The van der Waals surface area contributed by atoms with Crippen LogP contribution in [0.5, 0.6) is 5.75 Å². The summed E-state index contributed by atoms with van der Waals surface area (Å²) in [4.78, 5) is 19.5. The summed E-state index contributed by atoms with van der Waals surface area (Å²) in [5.74, 6) is 0.0755. The Bertz CT molecular complexity index is 997. The number of pyridine rings is 1. The number of phenolic OH excluding ortho intramolecular Hbond substituents is 1. The maximum Gasteiger partial charge on any atom is 0.255 e. The lowest BCUT2D eigenvalue weighted by molar-refractivity contribution is 0.0753. The number of amides is 1. The number of benzene rings is 1. The first kappa shape index (κ1) is 18.4. The van der Waals surface area contributed by atoms with Crippen molar-refractivity contribution in [2.45, 2.75) is 27.3 Å². The first-order chi connectivity index (χ1) is 12.3. The summed E-state index contributed by atoms with van der Waals surface area (Å²) < 4.78 is 2.56. The predicted octanol–water partition coefficient (Wildman–Crippen LogP) is 3.72. The van der Waals surface area contributed by atoms with E-state index < -0.39 is 0 Å². The first-order valence-corrected chi connectivity index (χ1v) is 9.18. The minimum atomic E-state index is -0.0986. The number of aromatic nitrogens is 3. The molecule has 0 bridgehead atoms. The van der Waals surface area contributed by atoms with Gasteiger partial charge in [-0.1, -0.05) is 15.9 Å². The number of halogens is 1.